The molecule has 2 aliphatic rings. The van der Waals surface area contributed by atoms with Crippen molar-refractivity contribution in [1.29, 1.82) is 0 Å². The molecule has 1 amide bonds. The third kappa shape index (κ3) is 3.65. The lowest BCUT2D eigenvalue weighted by atomic mass is 10.0. The van der Waals surface area contributed by atoms with E-state index in [0.717, 1.165) is 80.4 Å². The topological polar surface area (TPSA) is 63.0 Å². The van der Waals surface area contributed by atoms with Crippen LogP contribution in [0.5, 0.6) is 0 Å². The molecule has 3 aromatic rings. The Labute approximate surface area is 176 Å². The lowest BCUT2D eigenvalue weighted by Crippen LogP contribution is -2.36. The molecule has 2 aliphatic heterocycles. The van der Waals surface area contributed by atoms with E-state index in [2.05, 4.69) is 39.5 Å². The number of hydrogen-bond donors (Lipinski definition) is 0. The summed E-state index contributed by atoms with van der Waals surface area (Å²) in [6.07, 6.45) is 6.68. The minimum Gasteiger partial charge on any atom is -0.378 e. The van der Waals surface area contributed by atoms with E-state index in [4.69, 9.17) is 9.72 Å². The van der Waals surface area contributed by atoms with E-state index in [-0.39, 0.29) is 5.91 Å². The van der Waals surface area contributed by atoms with Crippen molar-refractivity contribution >= 4 is 17.5 Å². The van der Waals surface area contributed by atoms with E-state index < -0.39 is 0 Å². The summed E-state index contributed by atoms with van der Waals surface area (Å²) in [6.45, 7) is 7.06. The molecular formula is C23H27N5O2. The molecule has 2 saturated heterocycles. The molecule has 5 rings (SSSR count). The largest absolute Gasteiger partial charge is 0.378 e. The molecule has 30 heavy (non-hydrogen) atoms. The quantitative estimate of drug-likeness (QED) is 0.668. The number of carbonyl (C=O) groups excluding carboxylic acids is 1. The van der Waals surface area contributed by atoms with Crippen molar-refractivity contribution in [2.24, 2.45) is 0 Å². The van der Waals surface area contributed by atoms with Gasteiger partial charge in [-0.05, 0) is 37.0 Å². The second kappa shape index (κ2) is 8.07. The van der Waals surface area contributed by atoms with Gasteiger partial charge in [0.05, 0.1) is 31.5 Å². The Hall–Kier alpha value is -2.93. The van der Waals surface area contributed by atoms with E-state index in [9.17, 15) is 4.79 Å². The van der Waals surface area contributed by atoms with Gasteiger partial charge in [-0.1, -0.05) is 18.2 Å². The van der Waals surface area contributed by atoms with Crippen LogP contribution < -0.4 is 4.90 Å². The molecule has 1 aromatic carbocycles. The van der Waals surface area contributed by atoms with Gasteiger partial charge < -0.3 is 14.5 Å². The first-order valence-corrected chi connectivity index (χ1v) is 10.7. The summed E-state index contributed by atoms with van der Waals surface area (Å²) >= 11 is 0. The Kier molecular flexibility index (Phi) is 5.12. The fourth-order valence-electron chi connectivity index (χ4n) is 4.39. The number of aryl methyl sites for hydroxylation is 1. The second-order valence-corrected chi connectivity index (χ2v) is 8.12. The Morgan fingerprint density at radius 1 is 1.13 bits per heavy atom. The molecule has 0 aliphatic carbocycles. The molecule has 7 heteroatoms. The zero-order chi connectivity index (χ0) is 20.5. The maximum absolute atomic E-state index is 12.5. The predicted octanol–water partition coefficient (Wildman–Crippen LogP) is 2.71. The van der Waals surface area contributed by atoms with Gasteiger partial charge >= 0.3 is 0 Å². The van der Waals surface area contributed by atoms with Gasteiger partial charge in [-0.25, -0.2) is 9.97 Å². The van der Waals surface area contributed by atoms with Gasteiger partial charge in [0.2, 0.25) is 11.7 Å². The number of fused-ring (bicyclic) bond motifs is 1. The van der Waals surface area contributed by atoms with Gasteiger partial charge in [0.15, 0.2) is 0 Å². The number of benzene rings is 1. The van der Waals surface area contributed by atoms with Crippen LogP contribution in [0.4, 0.5) is 5.82 Å². The molecule has 0 atom stereocenters. The Balaban J connectivity index is 1.43. The number of carbonyl (C=O) groups is 1. The molecule has 156 valence electrons. The molecule has 0 spiro atoms. The first kappa shape index (κ1) is 19.1. The van der Waals surface area contributed by atoms with Gasteiger partial charge in [-0.15, -0.1) is 0 Å². The van der Waals surface area contributed by atoms with Crippen LogP contribution in [-0.2, 0) is 16.0 Å². The highest BCUT2D eigenvalue weighted by molar-refractivity contribution is 5.79. The highest BCUT2D eigenvalue weighted by atomic mass is 16.5. The zero-order valence-electron chi connectivity index (χ0n) is 17.4. The van der Waals surface area contributed by atoms with E-state index in [1.807, 2.05) is 23.2 Å². The number of aromatic nitrogens is 3. The zero-order valence-corrected chi connectivity index (χ0v) is 17.4. The summed E-state index contributed by atoms with van der Waals surface area (Å²) < 4.78 is 7.53. The molecule has 4 heterocycles. The van der Waals surface area contributed by atoms with Crippen molar-refractivity contribution in [2.75, 3.05) is 44.3 Å². The number of imidazole rings is 1. The fraction of sp³-hybridized carbons (Fsp3) is 0.435. The van der Waals surface area contributed by atoms with Gasteiger partial charge in [0.25, 0.3) is 0 Å². The van der Waals surface area contributed by atoms with Crippen molar-refractivity contribution < 1.29 is 9.53 Å². The third-order valence-corrected chi connectivity index (χ3v) is 6.02. The fourth-order valence-corrected chi connectivity index (χ4v) is 4.39. The van der Waals surface area contributed by atoms with E-state index >= 15 is 0 Å². The predicted molar refractivity (Wildman–Crippen MR) is 116 cm³/mol. The molecule has 0 radical (unpaired) electrons. The number of likely N-dealkylation sites (tertiary alicyclic amines) is 1. The normalized spacial score (nSPS) is 17.1. The van der Waals surface area contributed by atoms with Gasteiger partial charge in [-0.3, -0.25) is 9.20 Å². The van der Waals surface area contributed by atoms with Crippen LogP contribution in [0.25, 0.3) is 17.0 Å². The van der Waals surface area contributed by atoms with Crippen LogP contribution in [0.3, 0.4) is 0 Å². The molecular weight excluding hydrogens is 378 g/mol. The summed E-state index contributed by atoms with van der Waals surface area (Å²) in [5.41, 5.74) is 4.05. The molecule has 0 bridgehead atoms. The van der Waals surface area contributed by atoms with Crippen molar-refractivity contribution in [1.82, 2.24) is 19.3 Å². The number of amides is 1. The van der Waals surface area contributed by atoms with E-state index in [1.54, 1.807) is 0 Å². The summed E-state index contributed by atoms with van der Waals surface area (Å²) in [5.74, 6) is 1.96. The Morgan fingerprint density at radius 2 is 1.93 bits per heavy atom. The minimum absolute atomic E-state index is 0.216. The highest BCUT2D eigenvalue weighted by Crippen LogP contribution is 2.26. The average molecular weight is 406 g/mol. The Bertz CT molecular complexity index is 1060. The van der Waals surface area contributed by atoms with Crippen LogP contribution in [-0.4, -0.2) is 64.6 Å². The molecule has 2 aromatic heterocycles. The number of ether oxygens (including phenoxy) is 1. The number of morpholine rings is 1. The standard InChI is InChI=1S/C23H27N5O2/c1-17-16-28-20(26-9-11-30-12-10-26)15-24-23(28)25-22(17)19-6-4-5-18(13-19)14-21(29)27-7-2-3-8-27/h4-6,13,15-16H,2-3,7-12,14H2,1H3. The van der Waals surface area contributed by atoms with Crippen LogP contribution in [0.15, 0.2) is 36.7 Å². The summed E-state index contributed by atoms with van der Waals surface area (Å²) in [5, 5.41) is 0. The molecule has 0 unspecified atom stereocenters. The summed E-state index contributed by atoms with van der Waals surface area (Å²) in [4.78, 5) is 26.2. The summed E-state index contributed by atoms with van der Waals surface area (Å²) in [7, 11) is 0. The van der Waals surface area contributed by atoms with Gasteiger partial charge in [0, 0.05) is 37.9 Å². The second-order valence-electron chi connectivity index (χ2n) is 8.12. The first-order valence-electron chi connectivity index (χ1n) is 10.7. The maximum atomic E-state index is 12.5. The number of rotatable bonds is 4. The minimum atomic E-state index is 0.216. The van der Waals surface area contributed by atoms with Crippen molar-refractivity contribution in [3.05, 3.63) is 47.8 Å². The maximum Gasteiger partial charge on any atom is 0.235 e. The van der Waals surface area contributed by atoms with Crippen molar-refractivity contribution in [3.8, 4) is 11.3 Å². The molecule has 7 nitrogen and oxygen atoms in total. The van der Waals surface area contributed by atoms with Crippen LogP contribution in [0, 0.1) is 6.92 Å². The average Bonchev–Trinajstić information content (AvgIpc) is 3.44. The van der Waals surface area contributed by atoms with Crippen LogP contribution in [0.2, 0.25) is 0 Å². The van der Waals surface area contributed by atoms with E-state index in [0.29, 0.717) is 12.2 Å². The Morgan fingerprint density at radius 3 is 2.73 bits per heavy atom. The lowest BCUT2D eigenvalue weighted by molar-refractivity contribution is -0.129. The molecule has 0 saturated carbocycles. The number of hydrogen-bond acceptors (Lipinski definition) is 5. The smallest absolute Gasteiger partial charge is 0.235 e. The highest BCUT2D eigenvalue weighted by Gasteiger charge is 2.19. The SMILES string of the molecule is Cc1cn2c(N3CCOCC3)cnc2nc1-c1cccc(CC(=O)N2CCCC2)c1. The van der Waals surface area contributed by atoms with Crippen molar-refractivity contribution in [3.63, 3.8) is 0 Å². The summed E-state index contributed by atoms with van der Waals surface area (Å²) in [6, 6.07) is 8.18. The first-order chi connectivity index (χ1) is 14.7. The van der Waals surface area contributed by atoms with Crippen LogP contribution in [0.1, 0.15) is 24.0 Å². The van der Waals surface area contributed by atoms with Crippen molar-refractivity contribution in [2.45, 2.75) is 26.2 Å². The van der Waals surface area contributed by atoms with Gasteiger partial charge in [0.1, 0.15) is 5.82 Å². The lowest BCUT2D eigenvalue weighted by Gasteiger charge is -2.27. The third-order valence-electron chi connectivity index (χ3n) is 6.02. The number of anilines is 1. The molecule has 2 fully saturated rings. The van der Waals surface area contributed by atoms with E-state index in [1.165, 1.54) is 0 Å². The number of nitrogens with zero attached hydrogens (tertiary/aromatic N) is 5. The molecule has 0 N–H and O–H groups in total. The monoisotopic (exact) mass is 405 g/mol. The van der Waals surface area contributed by atoms with Gasteiger partial charge in [-0.2, -0.15) is 0 Å². The van der Waals surface area contributed by atoms with Crippen LogP contribution >= 0.6 is 0 Å².